The van der Waals surface area contributed by atoms with Crippen LogP contribution in [0, 0.1) is 5.41 Å². The van der Waals surface area contributed by atoms with Gasteiger partial charge in [0.15, 0.2) is 5.41 Å². The monoisotopic (exact) mass is 241 g/mol. The summed E-state index contributed by atoms with van der Waals surface area (Å²) in [4.78, 5) is 25.8. The summed E-state index contributed by atoms with van der Waals surface area (Å²) in [5.41, 5.74) is -1.08. The van der Waals surface area contributed by atoms with Crippen LogP contribution < -0.4 is 0 Å². The van der Waals surface area contributed by atoms with Crippen molar-refractivity contribution in [1.82, 2.24) is 4.90 Å². The van der Waals surface area contributed by atoms with Crippen LogP contribution in [-0.4, -0.2) is 50.2 Å². The normalized spacial score (nSPS) is 22.9. The van der Waals surface area contributed by atoms with Crippen molar-refractivity contribution in [2.45, 2.75) is 31.7 Å². The van der Waals surface area contributed by atoms with Crippen LogP contribution in [0.25, 0.3) is 0 Å². The summed E-state index contributed by atoms with van der Waals surface area (Å²) in [6, 6.07) is 0.268. The number of carbonyl (C=O) groups excluding carboxylic acids is 2. The molecule has 1 amide bonds. The lowest BCUT2D eigenvalue weighted by Crippen LogP contribution is -2.60. The van der Waals surface area contributed by atoms with Gasteiger partial charge in [0.1, 0.15) is 0 Å². The van der Waals surface area contributed by atoms with Crippen molar-refractivity contribution in [1.29, 1.82) is 0 Å². The maximum absolute atomic E-state index is 12.4. The van der Waals surface area contributed by atoms with E-state index >= 15 is 0 Å². The number of ether oxygens (including phenoxy) is 2. The van der Waals surface area contributed by atoms with Crippen LogP contribution in [0.5, 0.6) is 0 Å². The Morgan fingerprint density at radius 1 is 1.29 bits per heavy atom. The Balaban J connectivity index is 2.09. The van der Waals surface area contributed by atoms with E-state index in [1.165, 1.54) is 7.11 Å². The zero-order valence-electron chi connectivity index (χ0n) is 10.4. The van der Waals surface area contributed by atoms with E-state index in [1.54, 1.807) is 11.9 Å². The first-order valence-electron chi connectivity index (χ1n) is 6.05. The number of hydrogen-bond acceptors (Lipinski definition) is 4. The zero-order valence-corrected chi connectivity index (χ0v) is 10.4. The Labute approximate surface area is 101 Å². The number of carbonyl (C=O) groups is 2. The molecule has 0 atom stereocenters. The number of amides is 1. The van der Waals surface area contributed by atoms with Crippen LogP contribution in [0.3, 0.4) is 0 Å². The predicted molar refractivity (Wildman–Crippen MR) is 60.3 cm³/mol. The molecule has 5 heteroatoms. The van der Waals surface area contributed by atoms with Gasteiger partial charge in [-0.15, -0.1) is 0 Å². The van der Waals surface area contributed by atoms with Gasteiger partial charge in [0.25, 0.3) is 0 Å². The second-order valence-corrected chi connectivity index (χ2v) is 4.92. The first-order chi connectivity index (χ1) is 8.12. The molecule has 5 nitrogen and oxygen atoms in total. The van der Waals surface area contributed by atoms with Gasteiger partial charge in [-0.05, 0) is 12.8 Å². The molecule has 1 heterocycles. The number of rotatable bonds is 3. The SMILES string of the molecule is COC(=O)C1(C(=O)N(C)C2CCCC2)COC1. The van der Waals surface area contributed by atoms with Gasteiger partial charge in [0, 0.05) is 13.1 Å². The zero-order chi connectivity index (χ0) is 12.5. The van der Waals surface area contributed by atoms with Crippen LogP contribution in [0.4, 0.5) is 0 Å². The highest BCUT2D eigenvalue weighted by atomic mass is 16.5. The Bertz CT molecular complexity index is 318. The van der Waals surface area contributed by atoms with Gasteiger partial charge >= 0.3 is 5.97 Å². The molecule has 1 saturated carbocycles. The van der Waals surface area contributed by atoms with E-state index in [4.69, 9.17) is 9.47 Å². The summed E-state index contributed by atoms with van der Waals surface area (Å²) in [5, 5.41) is 0. The third-order valence-electron chi connectivity index (χ3n) is 3.88. The van der Waals surface area contributed by atoms with Gasteiger partial charge in [-0.3, -0.25) is 9.59 Å². The molecule has 1 aliphatic heterocycles. The van der Waals surface area contributed by atoms with Crippen molar-refractivity contribution in [2.75, 3.05) is 27.4 Å². The fourth-order valence-corrected chi connectivity index (χ4v) is 2.63. The quantitative estimate of drug-likeness (QED) is 0.535. The van der Waals surface area contributed by atoms with Crippen LogP contribution >= 0.6 is 0 Å². The van der Waals surface area contributed by atoms with E-state index in [1.807, 2.05) is 0 Å². The molecule has 1 saturated heterocycles. The molecule has 0 bridgehead atoms. The van der Waals surface area contributed by atoms with Crippen LogP contribution in [0.15, 0.2) is 0 Å². The maximum atomic E-state index is 12.4. The summed E-state index contributed by atoms with van der Waals surface area (Å²) in [6.07, 6.45) is 4.37. The number of methoxy groups -OCH3 is 1. The summed E-state index contributed by atoms with van der Waals surface area (Å²) in [6.45, 7) is 0.297. The van der Waals surface area contributed by atoms with Gasteiger partial charge in [-0.25, -0.2) is 0 Å². The summed E-state index contributed by atoms with van der Waals surface area (Å²) < 4.78 is 9.77. The van der Waals surface area contributed by atoms with E-state index in [9.17, 15) is 9.59 Å². The Kier molecular flexibility index (Phi) is 3.38. The van der Waals surface area contributed by atoms with Crippen molar-refractivity contribution < 1.29 is 19.1 Å². The number of esters is 1. The minimum Gasteiger partial charge on any atom is -0.468 e. The molecule has 0 spiro atoms. The van der Waals surface area contributed by atoms with Crippen LogP contribution in [0.2, 0.25) is 0 Å². The molecule has 96 valence electrons. The lowest BCUT2D eigenvalue weighted by atomic mass is 9.84. The largest absolute Gasteiger partial charge is 0.468 e. The smallest absolute Gasteiger partial charge is 0.326 e. The lowest BCUT2D eigenvalue weighted by molar-refractivity contribution is -0.194. The second-order valence-electron chi connectivity index (χ2n) is 4.92. The third kappa shape index (κ3) is 1.92. The minimum atomic E-state index is -1.08. The first-order valence-corrected chi connectivity index (χ1v) is 6.05. The van der Waals surface area contributed by atoms with E-state index in [2.05, 4.69) is 0 Å². The van der Waals surface area contributed by atoms with E-state index < -0.39 is 11.4 Å². The Morgan fingerprint density at radius 2 is 1.88 bits per heavy atom. The maximum Gasteiger partial charge on any atom is 0.326 e. The van der Waals surface area contributed by atoms with E-state index in [0.29, 0.717) is 0 Å². The molecule has 0 aromatic rings. The van der Waals surface area contributed by atoms with E-state index in [0.717, 1.165) is 25.7 Å². The molecule has 1 aliphatic carbocycles. The summed E-state index contributed by atoms with van der Waals surface area (Å²) in [5.74, 6) is -0.624. The van der Waals surface area contributed by atoms with Crippen molar-refractivity contribution in [2.24, 2.45) is 5.41 Å². The molecule has 0 N–H and O–H groups in total. The lowest BCUT2D eigenvalue weighted by Gasteiger charge is -2.41. The van der Waals surface area contributed by atoms with Crippen LogP contribution in [0.1, 0.15) is 25.7 Å². The summed E-state index contributed by atoms with van der Waals surface area (Å²) >= 11 is 0. The highest BCUT2D eigenvalue weighted by Crippen LogP contribution is 2.33. The standard InChI is InChI=1S/C12H19NO4/c1-13(9-5-3-4-6-9)10(14)12(7-17-8-12)11(15)16-2/h9H,3-8H2,1-2H3. The van der Waals surface area contributed by atoms with Gasteiger partial charge in [0.2, 0.25) is 5.91 Å². The molecular formula is C12H19NO4. The highest BCUT2D eigenvalue weighted by Gasteiger charge is 2.55. The van der Waals surface area contributed by atoms with Crippen molar-refractivity contribution in [3.8, 4) is 0 Å². The first kappa shape index (κ1) is 12.4. The molecular weight excluding hydrogens is 222 g/mol. The molecule has 17 heavy (non-hydrogen) atoms. The summed E-state index contributed by atoms with van der Waals surface area (Å²) in [7, 11) is 3.09. The average molecular weight is 241 g/mol. The number of hydrogen-bond donors (Lipinski definition) is 0. The van der Waals surface area contributed by atoms with Crippen molar-refractivity contribution >= 4 is 11.9 Å². The molecule has 2 aliphatic rings. The molecule has 0 radical (unpaired) electrons. The topological polar surface area (TPSA) is 55.8 Å². The Hall–Kier alpha value is -1.10. The fourth-order valence-electron chi connectivity index (χ4n) is 2.63. The van der Waals surface area contributed by atoms with Crippen LogP contribution in [-0.2, 0) is 19.1 Å². The fraction of sp³-hybridized carbons (Fsp3) is 0.833. The molecule has 2 fully saturated rings. The van der Waals surface area contributed by atoms with Gasteiger partial charge in [0.05, 0.1) is 20.3 Å². The molecule has 0 unspecified atom stereocenters. The Morgan fingerprint density at radius 3 is 2.29 bits per heavy atom. The molecule has 0 aromatic carbocycles. The third-order valence-corrected chi connectivity index (χ3v) is 3.88. The van der Waals surface area contributed by atoms with Crippen molar-refractivity contribution in [3.63, 3.8) is 0 Å². The van der Waals surface area contributed by atoms with Crippen molar-refractivity contribution in [3.05, 3.63) is 0 Å². The van der Waals surface area contributed by atoms with E-state index in [-0.39, 0.29) is 25.2 Å². The van der Waals surface area contributed by atoms with Gasteiger partial charge in [-0.1, -0.05) is 12.8 Å². The molecule has 0 aromatic heterocycles. The minimum absolute atomic E-state index is 0.148. The second kappa shape index (κ2) is 4.64. The average Bonchev–Trinajstić information content (AvgIpc) is 2.79. The highest BCUT2D eigenvalue weighted by molar-refractivity contribution is 6.03. The van der Waals surface area contributed by atoms with Gasteiger partial charge in [-0.2, -0.15) is 0 Å². The number of nitrogens with zero attached hydrogens (tertiary/aromatic N) is 1. The van der Waals surface area contributed by atoms with Gasteiger partial charge < -0.3 is 14.4 Å². The predicted octanol–water partition coefficient (Wildman–Crippen LogP) is 0.577. The molecule has 2 rings (SSSR count).